The quantitative estimate of drug-likeness (QED) is 0.147. The molecule has 0 saturated heterocycles. The lowest BCUT2D eigenvalue weighted by molar-refractivity contribution is -0.175. The van der Waals surface area contributed by atoms with Gasteiger partial charge in [0.1, 0.15) is 16.7 Å². The van der Waals surface area contributed by atoms with Gasteiger partial charge in [-0.1, -0.05) is 53.6 Å². The summed E-state index contributed by atoms with van der Waals surface area (Å²) in [7, 11) is 0. The van der Waals surface area contributed by atoms with E-state index in [1.54, 1.807) is 44.2 Å². The van der Waals surface area contributed by atoms with Crippen LogP contribution in [0.4, 0.5) is 0 Å². The molecule has 39 heavy (non-hydrogen) atoms. The number of hydrogen-bond donors (Lipinski definition) is 3. The fraction of sp³-hybridized carbons (Fsp3) is 0.545. The Morgan fingerprint density at radius 1 is 0.872 bits per heavy atom. The number of allylic oxidation sites excluding steroid dienone is 5. The topological polar surface area (TPSA) is 112 Å². The zero-order valence-corrected chi connectivity index (χ0v) is 24.0. The van der Waals surface area contributed by atoms with Gasteiger partial charge >= 0.3 is 0 Å². The van der Waals surface area contributed by atoms with Crippen LogP contribution in [0.1, 0.15) is 85.6 Å². The molecule has 3 aliphatic carbocycles. The second-order valence-electron chi connectivity index (χ2n) is 13.1. The molecule has 1 aromatic rings. The van der Waals surface area contributed by atoms with Crippen LogP contribution in [0.15, 0.2) is 59.2 Å². The summed E-state index contributed by atoms with van der Waals surface area (Å²) in [6, 6.07) is 8.42. The van der Waals surface area contributed by atoms with Gasteiger partial charge in [0.25, 0.3) is 0 Å². The second-order valence-corrected chi connectivity index (χ2v) is 13.1. The monoisotopic (exact) mass is 534 g/mol. The first-order valence-corrected chi connectivity index (χ1v) is 13.9. The first-order valence-electron chi connectivity index (χ1n) is 13.9. The zero-order chi connectivity index (χ0) is 29.0. The van der Waals surface area contributed by atoms with Gasteiger partial charge < -0.3 is 15.3 Å². The first kappa shape index (κ1) is 29.2. The summed E-state index contributed by atoms with van der Waals surface area (Å²) in [6.45, 7) is 10.9. The predicted octanol–water partition coefficient (Wildman–Crippen LogP) is 5.68. The Hall–Kier alpha value is -2.83. The van der Waals surface area contributed by atoms with Crippen LogP contribution in [0.5, 0.6) is 0 Å². The van der Waals surface area contributed by atoms with Gasteiger partial charge in [-0.15, -0.1) is 0 Å². The molecule has 3 aliphatic rings. The number of aliphatic hydroxyl groups excluding tert-OH is 1. The van der Waals surface area contributed by atoms with E-state index < -0.39 is 51.1 Å². The highest BCUT2D eigenvalue weighted by Crippen LogP contribution is 2.62. The lowest BCUT2D eigenvalue weighted by Crippen LogP contribution is -2.65. The molecule has 0 aromatic heterocycles. The molecule has 0 heterocycles. The standard InChI is InChI=1S/C33H42O6/c1-20(2)12-16-32(17-13-21(3)4)27(35)25(26(34)22-10-8-7-9-11-22)28(36)33(29(32)37)18-24-23(31(6,39)19-33)14-15-30(24,5)38/h7-13,23-24,34,38-39H,14-19H2,1-6H3/b26-25+/t23-,24+,30-,31-,33-/m1/s1. The molecule has 0 aliphatic heterocycles. The van der Waals surface area contributed by atoms with Crippen LogP contribution in [0.25, 0.3) is 5.76 Å². The number of fused-ring (bicyclic) bond motifs is 1. The van der Waals surface area contributed by atoms with E-state index >= 15 is 0 Å². The smallest absolute Gasteiger partial charge is 0.184 e. The third kappa shape index (κ3) is 4.76. The van der Waals surface area contributed by atoms with Gasteiger partial charge in [-0.25, -0.2) is 0 Å². The molecule has 3 saturated carbocycles. The molecular weight excluding hydrogens is 492 g/mol. The van der Waals surface area contributed by atoms with Crippen LogP contribution in [0.2, 0.25) is 0 Å². The molecule has 3 N–H and O–H groups in total. The summed E-state index contributed by atoms with van der Waals surface area (Å²) in [5.74, 6) is -3.17. The molecule has 0 radical (unpaired) electrons. The Labute approximate surface area is 231 Å². The van der Waals surface area contributed by atoms with Gasteiger partial charge in [0, 0.05) is 5.56 Å². The number of hydrogen-bond acceptors (Lipinski definition) is 6. The molecule has 0 bridgehead atoms. The minimum absolute atomic E-state index is 0.0305. The van der Waals surface area contributed by atoms with Crippen molar-refractivity contribution in [3.8, 4) is 0 Å². The van der Waals surface area contributed by atoms with Gasteiger partial charge in [0.05, 0.1) is 16.6 Å². The number of benzene rings is 1. The number of aliphatic hydroxyl groups is 3. The van der Waals surface area contributed by atoms with Gasteiger partial charge in [0.2, 0.25) is 0 Å². The van der Waals surface area contributed by atoms with Crippen LogP contribution in [0, 0.1) is 22.7 Å². The average Bonchev–Trinajstić information content (AvgIpc) is 3.17. The maximum atomic E-state index is 14.9. The fourth-order valence-corrected chi connectivity index (χ4v) is 7.32. The van der Waals surface area contributed by atoms with Crippen molar-refractivity contribution >= 4 is 23.1 Å². The molecule has 5 atom stereocenters. The molecule has 6 nitrogen and oxygen atoms in total. The van der Waals surface area contributed by atoms with Crippen molar-refractivity contribution in [3.05, 3.63) is 64.8 Å². The van der Waals surface area contributed by atoms with E-state index in [9.17, 15) is 29.7 Å². The lowest BCUT2D eigenvalue weighted by Gasteiger charge is -2.54. The van der Waals surface area contributed by atoms with Crippen molar-refractivity contribution in [1.82, 2.24) is 0 Å². The largest absolute Gasteiger partial charge is 0.506 e. The predicted molar refractivity (Wildman–Crippen MR) is 151 cm³/mol. The molecular formula is C33H42O6. The SMILES string of the molecule is CC(C)=CCC1(CC=C(C)C)C(=O)/C(=C(\O)c2ccccc2)C(=O)[C@]2(C[C@H]3[C@@H](CC[C@@]3(C)O)[C@](C)(O)C2)C1=O. The van der Waals surface area contributed by atoms with Crippen LogP contribution in [-0.4, -0.2) is 43.9 Å². The Bertz CT molecular complexity index is 1250. The molecule has 1 aromatic carbocycles. The number of carbonyl (C=O) groups excluding carboxylic acids is 3. The van der Waals surface area contributed by atoms with E-state index in [1.807, 2.05) is 39.8 Å². The molecule has 3 fully saturated rings. The van der Waals surface area contributed by atoms with E-state index in [0.717, 1.165) is 11.1 Å². The minimum atomic E-state index is -1.75. The van der Waals surface area contributed by atoms with E-state index in [-0.39, 0.29) is 37.2 Å². The highest BCUT2D eigenvalue weighted by atomic mass is 16.3. The maximum absolute atomic E-state index is 14.9. The van der Waals surface area contributed by atoms with Crippen LogP contribution in [0.3, 0.4) is 0 Å². The summed E-state index contributed by atoms with van der Waals surface area (Å²) >= 11 is 0. The van der Waals surface area contributed by atoms with Gasteiger partial charge in [-0.2, -0.15) is 0 Å². The van der Waals surface area contributed by atoms with Crippen molar-refractivity contribution in [1.29, 1.82) is 0 Å². The second kappa shape index (κ2) is 9.97. The van der Waals surface area contributed by atoms with Crippen molar-refractivity contribution < 1.29 is 29.7 Å². The first-order chi connectivity index (χ1) is 18.1. The molecule has 0 amide bonds. The summed E-state index contributed by atoms with van der Waals surface area (Å²) < 4.78 is 0. The highest BCUT2D eigenvalue weighted by Gasteiger charge is 2.70. The van der Waals surface area contributed by atoms with E-state index in [1.165, 1.54) is 0 Å². The fourth-order valence-electron chi connectivity index (χ4n) is 7.32. The van der Waals surface area contributed by atoms with Crippen molar-refractivity contribution in [2.75, 3.05) is 0 Å². The summed E-state index contributed by atoms with van der Waals surface area (Å²) in [5.41, 5.74) is -4.19. The van der Waals surface area contributed by atoms with Gasteiger partial charge in [0.15, 0.2) is 17.3 Å². The van der Waals surface area contributed by atoms with E-state index in [2.05, 4.69) is 0 Å². The zero-order valence-electron chi connectivity index (χ0n) is 24.0. The lowest BCUT2D eigenvalue weighted by atomic mass is 9.47. The number of rotatable bonds is 5. The Morgan fingerprint density at radius 2 is 1.44 bits per heavy atom. The van der Waals surface area contributed by atoms with E-state index in [0.29, 0.717) is 18.4 Å². The average molecular weight is 535 g/mol. The summed E-state index contributed by atoms with van der Waals surface area (Å²) in [4.78, 5) is 43.8. The Morgan fingerprint density at radius 3 is 1.97 bits per heavy atom. The van der Waals surface area contributed by atoms with Gasteiger partial charge in [-0.3, -0.25) is 14.4 Å². The molecule has 6 heteroatoms. The Balaban J connectivity index is 2.04. The van der Waals surface area contributed by atoms with Crippen LogP contribution < -0.4 is 0 Å². The summed E-state index contributed by atoms with van der Waals surface area (Å²) in [6.07, 6.45) is 4.74. The molecule has 1 spiro atoms. The third-order valence-corrected chi connectivity index (χ3v) is 9.47. The number of ketones is 3. The summed E-state index contributed by atoms with van der Waals surface area (Å²) in [5, 5.41) is 34.5. The normalized spacial score (nSPS) is 35.0. The van der Waals surface area contributed by atoms with E-state index in [4.69, 9.17) is 0 Å². The minimum Gasteiger partial charge on any atom is -0.506 e. The van der Waals surface area contributed by atoms with Crippen molar-refractivity contribution in [2.45, 2.75) is 91.3 Å². The Kier molecular flexibility index (Phi) is 7.46. The van der Waals surface area contributed by atoms with Crippen LogP contribution in [-0.2, 0) is 14.4 Å². The van der Waals surface area contributed by atoms with Crippen molar-refractivity contribution in [2.24, 2.45) is 22.7 Å². The highest BCUT2D eigenvalue weighted by molar-refractivity contribution is 6.41. The maximum Gasteiger partial charge on any atom is 0.184 e. The third-order valence-electron chi connectivity index (χ3n) is 9.47. The molecule has 210 valence electrons. The number of carbonyl (C=O) groups is 3. The van der Waals surface area contributed by atoms with Crippen molar-refractivity contribution in [3.63, 3.8) is 0 Å². The number of Topliss-reactive ketones (excluding diaryl/α,β-unsaturated/α-hetero) is 3. The van der Waals surface area contributed by atoms with Gasteiger partial charge in [-0.05, 0) is 91.9 Å². The molecule has 0 unspecified atom stereocenters. The molecule has 4 rings (SSSR count). The van der Waals surface area contributed by atoms with Crippen LogP contribution >= 0.6 is 0 Å².